The zero-order valence-corrected chi connectivity index (χ0v) is 13.7. The van der Waals surface area contributed by atoms with Gasteiger partial charge in [-0.05, 0) is 53.5 Å². The number of carbonyl (C=O) groups is 1. The van der Waals surface area contributed by atoms with Gasteiger partial charge >= 0.3 is 0 Å². The highest BCUT2D eigenvalue weighted by Crippen LogP contribution is 2.27. The molecule has 0 fully saturated rings. The quantitative estimate of drug-likeness (QED) is 0.881. The molecular weight excluding hydrogens is 330 g/mol. The van der Waals surface area contributed by atoms with E-state index in [1.807, 2.05) is 50.2 Å². The fourth-order valence-corrected chi connectivity index (χ4v) is 2.20. The molecule has 2 aromatic rings. The van der Waals surface area contributed by atoms with Gasteiger partial charge in [0.2, 0.25) is 0 Å². The van der Waals surface area contributed by atoms with Crippen molar-refractivity contribution in [1.82, 2.24) is 5.32 Å². The Bertz CT molecular complexity index is 611. The highest BCUT2D eigenvalue weighted by molar-refractivity contribution is 9.10. The SMILES string of the molecule is CC(C)NC(=O)c1ccc(Br)c(OCc2ccccc2)c1. The molecule has 0 aromatic heterocycles. The molecule has 0 aliphatic heterocycles. The highest BCUT2D eigenvalue weighted by Gasteiger charge is 2.10. The lowest BCUT2D eigenvalue weighted by Crippen LogP contribution is -2.30. The normalized spacial score (nSPS) is 10.5. The minimum atomic E-state index is -0.0953. The van der Waals surface area contributed by atoms with Gasteiger partial charge in [-0.25, -0.2) is 0 Å². The van der Waals surface area contributed by atoms with E-state index in [1.54, 1.807) is 12.1 Å². The van der Waals surface area contributed by atoms with E-state index in [1.165, 1.54) is 0 Å². The topological polar surface area (TPSA) is 38.3 Å². The van der Waals surface area contributed by atoms with E-state index in [2.05, 4.69) is 21.2 Å². The number of hydrogen-bond acceptors (Lipinski definition) is 2. The first kappa shape index (κ1) is 15.6. The molecule has 1 N–H and O–H groups in total. The van der Waals surface area contributed by atoms with E-state index in [0.29, 0.717) is 17.9 Å². The van der Waals surface area contributed by atoms with Crippen LogP contribution in [-0.2, 0) is 6.61 Å². The fourth-order valence-electron chi connectivity index (χ4n) is 1.84. The Morgan fingerprint density at radius 1 is 1.19 bits per heavy atom. The van der Waals surface area contributed by atoms with Crippen LogP contribution in [0.15, 0.2) is 53.0 Å². The average molecular weight is 348 g/mol. The summed E-state index contributed by atoms with van der Waals surface area (Å²) in [5, 5.41) is 2.87. The standard InChI is InChI=1S/C17H18BrNO2/c1-12(2)19-17(20)14-8-9-15(18)16(10-14)21-11-13-6-4-3-5-7-13/h3-10,12H,11H2,1-2H3,(H,19,20). The maximum absolute atomic E-state index is 12.0. The van der Waals surface area contributed by atoms with E-state index in [0.717, 1.165) is 10.0 Å². The number of carbonyl (C=O) groups excluding carboxylic acids is 1. The van der Waals surface area contributed by atoms with Crippen molar-refractivity contribution in [2.24, 2.45) is 0 Å². The molecule has 0 atom stereocenters. The zero-order valence-electron chi connectivity index (χ0n) is 12.1. The molecule has 1 amide bonds. The van der Waals surface area contributed by atoms with Gasteiger partial charge < -0.3 is 10.1 Å². The van der Waals surface area contributed by atoms with Crippen LogP contribution >= 0.6 is 15.9 Å². The molecule has 0 aliphatic carbocycles. The maximum atomic E-state index is 12.0. The summed E-state index contributed by atoms with van der Waals surface area (Å²) < 4.78 is 6.62. The van der Waals surface area contributed by atoms with Crippen LogP contribution in [0.25, 0.3) is 0 Å². The van der Waals surface area contributed by atoms with E-state index in [-0.39, 0.29) is 11.9 Å². The molecule has 21 heavy (non-hydrogen) atoms. The second-order valence-electron chi connectivity index (χ2n) is 5.05. The lowest BCUT2D eigenvalue weighted by Gasteiger charge is -2.12. The minimum absolute atomic E-state index is 0.0953. The molecule has 3 nitrogen and oxygen atoms in total. The van der Waals surface area contributed by atoms with E-state index < -0.39 is 0 Å². The highest BCUT2D eigenvalue weighted by atomic mass is 79.9. The van der Waals surface area contributed by atoms with Crippen LogP contribution in [0, 0.1) is 0 Å². The molecule has 0 bridgehead atoms. The fraction of sp³-hybridized carbons (Fsp3) is 0.235. The van der Waals surface area contributed by atoms with Crippen molar-refractivity contribution < 1.29 is 9.53 Å². The van der Waals surface area contributed by atoms with Crippen LogP contribution < -0.4 is 10.1 Å². The molecule has 0 unspecified atom stereocenters. The van der Waals surface area contributed by atoms with E-state index >= 15 is 0 Å². The summed E-state index contributed by atoms with van der Waals surface area (Å²) in [5.74, 6) is 0.567. The predicted molar refractivity (Wildman–Crippen MR) is 87.5 cm³/mol. The molecular formula is C17H18BrNO2. The number of hydrogen-bond donors (Lipinski definition) is 1. The van der Waals surface area contributed by atoms with Crippen LogP contribution in [0.2, 0.25) is 0 Å². The maximum Gasteiger partial charge on any atom is 0.251 e. The van der Waals surface area contributed by atoms with Crippen molar-refractivity contribution in [1.29, 1.82) is 0 Å². The molecule has 0 radical (unpaired) electrons. The first-order valence-corrected chi connectivity index (χ1v) is 7.62. The number of rotatable bonds is 5. The first-order valence-electron chi connectivity index (χ1n) is 6.83. The van der Waals surface area contributed by atoms with Crippen LogP contribution in [-0.4, -0.2) is 11.9 Å². The number of benzene rings is 2. The van der Waals surface area contributed by atoms with Crippen LogP contribution in [0.1, 0.15) is 29.8 Å². The Hall–Kier alpha value is -1.81. The summed E-state index contributed by atoms with van der Waals surface area (Å²) in [5.41, 5.74) is 1.68. The summed E-state index contributed by atoms with van der Waals surface area (Å²) in [6.07, 6.45) is 0. The average Bonchev–Trinajstić information content (AvgIpc) is 2.46. The van der Waals surface area contributed by atoms with Gasteiger partial charge in [0, 0.05) is 11.6 Å². The Morgan fingerprint density at radius 3 is 2.57 bits per heavy atom. The zero-order chi connectivity index (χ0) is 15.2. The summed E-state index contributed by atoms with van der Waals surface area (Å²) in [6.45, 7) is 4.34. The van der Waals surface area contributed by atoms with Gasteiger partial charge in [-0.3, -0.25) is 4.79 Å². The molecule has 0 aliphatic rings. The molecule has 110 valence electrons. The van der Waals surface area contributed by atoms with Gasteiger partial charge in [-0.15, -0.1) is 0 Å². The predicted octanol–water partition coefficient (Wildman–Crippen LogP) is 4.17. The number of amides is 1. The number of nitrogens with one attached hydrogen (secondary N) is 1. The van der Waals surface area contributed by atoms with Crippen molar-refractivity contribution in [3.05, 3.63) is 64.1 Å². The van der Waals surface area contributed by atoms with Crippen molar-refractivity contribution in [2.75, 3.05) is 0 Å². The summed E-state index contributed by atoms with van der Waals surface area (Å²) in [6, 6.07) is 15.4. The summed E-state index contributed by atoms with van der Waals surface area (Å²) in [4.78, 5) is 12.0. The van der Waals surface area contributed by atoms with Crippen LogP contribution in [0.3, 0.4) is 0 Å². The van der Waals surface area contributed by atoms with E-state index in [4.69, 9.17) is 4.74 Å². The Labute approximate surface area is 133 Å². The molecule has 0 spiro atoms. The Balaban J connectivity index is 2.10. The third-order valence-electron chi connectivity index (χ3n) is 2.85. The van der Waals surface area contributed by atoms with Crippen molar-refractivity contribution in [2.45, 2.75) is 26.5 Å². The molecule has 2 aromatic carbocycles. The lowest BCUT2D eigenvalue weighted by molar-refractivity contribution is 0.0942. The van der Waals surface area contributed by atoms with Crippen molar-refractivity contribution in [3.63, 3.8) is 0 Å². The second kappa shape index (κ2) is 7.27. The smallest absolute Gasteiger partial charge is 0.251 e. The monoisotopic (exact) mass is 347 g/mol. The first-order chi connectivity index (χ1) is 10.1. The van der Waals surface area contributed by atoms with Gasteiger partial charge in [-0.1, -0.05) is 30.3 Å². The molecule has 2 rings (SSSR count). The molecule has 0 saturated heterocycles. The van der Waals surface area contributed by atoms with Crippen LogP contribution in [0.5, 0.6) is 5.75 Å². The second-order valence-corrected chi connectivity index (χ2v) is 5.90. The summed E-state index contributed by atoms with van der Waals surface area (Å²) in [7, 11) is 0. The Kier molecular flexibility index (Phi) is 5.39. The van der Waals surface area contributed by atoms with E-state index in [9.17, 15) is 4.79 Å². The largest absolute Gasteiger partial charge is 0.488 e. The van der Waals surface area contributed by atoms with Gasteiger partial charge in [-0.2, -0.15) is 0 Å². The van der Waals surface area contributed by atoms with Crippen LogP contribution in [0.4, 0.5) is 0 Å². The van der Waals surface area contributed by atoms with Gasteiger partial charge in [0.05, 0.1) is 4.47 Å². The lowest BCUT2D eigenvalue weighted by atomic mass is 10.2. The number of halogens is 1. The van der Waals surface area contributed by atoms with Gasteiger partial charge in [0.15, 0.2) is 0 Å². The van der Waals surface area contributed by atoms with Crippen molar-refractivity contribution >= 4 is 21.8 Å². The number of ether oxygens (including phenoxy) is 1. The molecule has 4 heteroatoms. The summed E-state index contributed by atoms with van der Waals surface area (Å²) >= 11 is 3.45. The van der Waals surface area contributed by atoms with Gasteiger partial charge in [0.1, 0.15) is 12.4 Å². The third kappa shape index (κ3) is 4.60. The Morgan fingerprint density at radius 2 is 1.90 bits per heavy atom. The van der Waals surface area contributed by atoms with Gasteiger partial charge in [0.25, 0.3) is 5.91 Å². The minimum Gasteiger partial charge on any atom is -0.488 e. The third-order valence-corrected chi connectivity index (χ3v) is 3.51. The van der Waals surface area contributed by atoms with Crippen molar-refractivity contribution in [3.8, 4) is 5.75 Å². The molecule has 0 saturated carbocycles. The molecule has 0 heterocycles.